The van der Waals surface area contributed by atoms with E-state index in [4.69, 9.17) is 0 Å². The fraction of sp³-hybridized carbons (Fsp3) is 0.611. The molecule has 0 aliphatic rings. The third-order valence-electron chi connectivity index (χ3n) is 4.55. The average Bonchev–Trinajstić information content (AvgIpc) is 2.48. The highest BCUT2D eigenvalue weighted by Crippen LogP contribution is 2.23. The second-order valence-electron chi connectivity index (χ2n) is 7.19. The summed E-state index contributed by atoms with van der Waals surface area (Å²) in [4.78, 5) is 14.8. The molecule has 1 aromatic carbocycles. The predicted octanol–water partition coefficient (Wildman–Crippen LogP) is 1.87. The Morgan fingerprint density at radius 3 is 2.12 bits per heavy atom. The highest BCUT2D eigenvalue weighted by atomic mass is 32.2. The van der Waals surface area contributed by atoms with Crippen molar-refractivity contribution >= 4 is 15.9 Å². The predicted molar refractivity (Wildman–Crippen MR) is 101 cm³/mol. The molecule has 1 N–H and O–H groups in total. The minimum atomic E-state index is -3.60. The van der Waals surface area contributed by atoms with Crippen molar-refractivity contribution in [2.24, 2.45) is 5.92 Å². The Morgan fingerprint density at radius 1 is 1.12 bits per heavy atom. The number of aryl methyl sites for hydroxylation is 1. The summed E-state index contributed by atoms with van der Waals surface area (Å²) in [5.41, 5.74) is 1.81. The lowest BCUT2D eigenvalue weighted by atomic mass is 10.0. The Kier molecular flexibility index (Phi) is 7.17. The van der Waals surface area contributed by atoms with E-state index in [2.05, 4.69) is 24.1 Å². The molecule has 6 nitrogen and oxygen atoms in total. The molecule has 1 unspecified atom stereocenters. The number of hydrogen-bond acceptors (Lipinski definition) is 4. The van der Waals surface area contributed by atoms with E-state index >= 15 is 0 Å². The van der Waals surface area contributed by atoms with Crippen molar-refractivity contribution in [3.8, 4) is 0 Å². The molecule has 0 fully saturated rings. The van der Waals surface area contributed by atoms with Crippen molar-refractivity contribution in [2.75, 3.05) is 34.7 Å². The molecule has 1 aromatic rings. The topological polar surface area (TPSA) is 69.7 Å². The maximum atomic E-state index is 12.6. The number of likely N-dealkylation sites (N-methyl/N-ethyl adjacent to an activating group) is 1. The van der Waals surface area contributed by atoms with Crippen LogP contribution >= 0.6 is 0 Å². The first-order chi connectivity index (χ1) is 11.4. The second-order valence-corrected chi connectivity index (χ2v) is 9.31. The molecule has 142 valence electrons. The Morgan fingerprint density at radius 2 is 1.68 bits per heavy atom. The molecule has 0 aliphatic carbocycles. The van der Waals surface area contributed by atoms with Gasteiger partial charge in [0.2, 0.25) is 10.0 Å². The van der Waals surface area contributed by atoms with Gasteiger partial charge in [0.05, 0.1) is 4.90 Å². The Labute approximate surface area is 152 Å². The molecule has 7 heteroatoms. The van der Waals surface area contributed by atoms with E-state index in [1.807, 2.05) is 21.0 Å². The van der Waals surface area contributed by atoms with Crippen LogP contribution in [0.3, 0.4) is 0 Å². The number of benzene rings is 1. The molecule has 0 saturated carbocycles. The van der Waals surface area contributed by atoms with Gasteiger partial charge < -0.3 is 10.2 Å². The van der Waals surface area contributed by atoms with Crippen LogP contribution in [-0.2, 0) is 10.0 Å². The number of nitrogens with zero attached hydrogens (tertiary/aromatic N) is 2. The Balaban J connectivity index is 3.14. The summed E-state index contributed by atoms with van der Waals surface area (Å²) in [6, 6.07) is 3.41. The molecule has 1 rings (SSSR count). The molecule has 0 aromatic heterocycles. The standard InChI is InChI=1S/C18H31N3O3S/c1-12(2)16(20(5)6)11-19-18(22)15-9-13(3)14(4)17(10-15)25(23,24)21(7)8/h9-10,12,16H,11H2,1-8H3,(H,19,22). The van der Waals surface area contributed by atoms with Gasteiger partial charge in [-0.3, -0.25) is 4.79 Å². The first-order valence-corrected chi connectivity index (χ1v) is 9.82. The summed E-state index contributed by atoms with van der Waals surface area (Å²) in [6.45, 7) is 8.29. The highest BCUT2D eigenvalue weighted by Gasteiger charge is 2.23. The fourth-order valence-electron chi connectivity index (χ4n) is 2.74. The molecule has 0 spiro atoms. The Bertz CT molecular complexity index is 717. The zero-order valence-electron chi connectivity index (χ0n) is 16.5. The molecule has 0 saturated heterocycles. The van der Waals surface area contributed by atoms with Crippen LogP contribution in [0.2, 0.25) is 0 Å². The molecular weight excluding hydrogens is 338 g/mol. The number of carbonyl (C=O) groups excluding carboxylic acids is 1. The summed E-state index contributed by atoms with van der Waals surface area (Å²) in [5.74, 6) is 0.130. The molecule has 1 amide bonds. The number of amides is 1. The number of sulfonamides is 1. The lowest BCUT2D eigenvalue weighted by Gasteiger charge is -2.28. The first-order valence-electron chi connectivity index (χ1n) is 8.38. The van der Waals surface area contributed by atoms with Gasteiger partial charge in [-0.05, 0) is 57.1 Å². The number of carbonyl (C=O) groups is 1. The highest BCUT2D eigenvalue weighted by molar-refractivity contribution is 7.89. The van der Waals surface area contributed by atoms with Gasteiger partial charge in [-0.25, -0.2) is 12.7 Å². The lowest BCUT2D eigenvalue weighted by molar-refractivity contribution is 0.0934. The van der Waals surface area contributed by atoms with Gasteiger partial charge in [0, 0.05) is 32.2 Å². The largest absolute Gasteiger partial charge is 0.350 e. The van der Waals surface area contributed by atoms with Gasteiger partial charge >= 0.3 is 0 Å². The van der Waals surface area contributed by atoms with E-state index in [9.17, 15) is 13.2 Å². The molecule has 0 radical (unpaired) electrons. The number of hydrogen-bond donors (Lipinski definition) is 1. The average molecular weight is 370 g/mol. The lowest BCUT2D eigenvalue weighted by Crippen LogP contribution is -2.43. The van der Waals surface area contributed by atoms with Crippen LogP contribution in [0, 0.1) is 19.8 Å². The third kappa shape index (κ3) is 5.03. The van der Waals surface area contributed by atoms with Crippen LogP contribution in [0.25, 0.3) is 0 Å². The maximum Gasteiger partial charge on any atom is 0.251 e. The normalized spacial score (nSPS) is 13.6. The van der Waals surface area contributed by atoms with Crippen molar-refractivity contribution in [2.45, 2.75) is 38.6 Å². The monoisotopic (exact) mass is 369 g/mol. The minimum Gasteiger partial charge on any atom is -0.350 e. The van der Waals surface area contributed by atoms with E-state index in [0.29, 0.717) is 23.6 Å². The zero-order chi connectivity index (χ0) is 19.5. The molecule has 0 bridgehead atoms. The molecule has 0 aliphatic heterocycles. The fourth-order valence-corrected chi connectivity index (χ4v) is 3.95. The zero-order valence-corrected chi connectivity index (χ0v) is 17.4. The summed E-state index contributed by atoms with van der Waals surface area (Å²) >= 11 is 0. The summed E-state index contributed by atoms with van der Waals surface area (Å²) in [7, 11) is 3.34. The van der Waals surface area contributed by atoms with Crippen LogP contribution < -0.4 is 5.32 Å². The van der Waals surface area contributed by atoms with Crippen molar-refractivity contribution in [1.29, 1.82) is 0 Å². The molecule has 0 heterocycles. The third-order valence-corrected chi connectivity index (χ3v) is 6.49. The van der Waals surface area contributed by atoms with Crippen molar-refractivity contribution in [1.82, 2.24) is 14.5 Å². The van der Waals surface area contributed by atoms with Crippen LogP contribution in [0.1, 0.15) is 35.3 Å². The Hall–Kier alpha value is -1.44. The number of rotatable bonds is 7. The van der Waals surface area contributed by atoms with Crippen LogP contribution in [-0.4, -0.2) is 64.3 Å². The van der Waals surface area contributed by atoms with E-state index in [1.54, 1.807) is 13.0 Å². The van der Waals surface area contributed by atoms with Crippen LogP contribution in [0.4, 0.5) is 0 Å². The number of nitrogens with one attached hydrogen (secondary N) is 1. The summed E-state index contributed by atoms with van der Waals surface area (Å²) in [6.07, 6.45) is 0. The molecule has 1 atom stereocenters. The smallest absolute Gasteiger partial charge is 0.251 e. The van der Waals surface area contributed by atoms with E-state index < -0.39 is 10.0 Å². The van der Waals surface area contributed by atoms with Gasteiger partial charge in [-0.1, -0.05) is 13.8 Å². The second kappa shape index (κ2) is 8.29. The van der Waals surface area contributed by atoms with Crippen LogP contribution in [0.5, 0.6) is 0 Å². The van der Waals surface area contributed by atoms with Crippen molar-refractivity contribution in [3.63, 3.8) is 0 Å². The minimum absolute atomic E-state index is 0.177. The molecular formula is C18H31N3O3S. The maximum absolute atomic E-state index is 12.6. The first kappa shape index (κ1) is 21.6. The van der Waals surface area contributed by atoms with E-state index in [-0.39, 0.29) is 16.8 Å². The quantitative estimate of drug-likeness (QED) is 0.797. The van der Waals surface area contributed by atoms with Gasteiger partial charge in [0.15, 0.2) is 0 Å². The van der Waals surface area contributed by atoms with Gasteiger partial charge in [-0.2, -0.15) is 0 Å². The van der Waals surface area contributed by atoms with Crippen LogP contribution in [0.15, 0.2) is 17.0 Å². The van der Waals surface area contributed by atoms with Gasteiger partial charge in [-0.15, -0.1) is 0 Å². The summed E-state index contributed by atoms with van der Waals surface area (Å²) in [5, 5.41) is 2.93. The van der Waals surface area contributed by atoms with Gasteiger partial charge in [0.1, 0.15) is 0 Å². The molecule has 25 heavy (non-hydrogen) atoms. The SMILES string of the molecule is Cc1cc(C(=O)NCC(C(C)C)N(C)C)cc(S(=O)(=O)N(C)C)c1C. The van der Waals surface area contributed by atoms with Crippen molar-refractivity contribution in [3.05, 3.63) is 28.8 Å². The van der Waals surface area contributed by atoms with E-state index in [1.165, 1.54) is 20.2 Å². The van der Waals surface area contributed by atoms with E-state index in [0.717, 1.165) is 9.87 Å². The van der Waals surface area contributed by atoms with Gasteiger partial charge in [0.25, 0.3) is 5.91 Å². The van der Waals surface area contributed by atoms with Crippen molar-refractivity contribution < 1.29 is 13.2 Å². The summed E-state index contributed by atoms with van der Waals surface area (Å²) < 4.78 is 26.2.